The minimum absolute atomic E-state index is 0.0799. The fourth-order valence-corrected chi connectivity index (χ4v) is 4.71. The number of carbonyl (C=O) groups is 1. The van der Waals surface area contributed by atoms with Crippen LogP contribution in [0.1, 0.15) is 16.5 Å². The lowest BCUT2D eigenvalue weighted by Gasteiger charge is -2.20. The Bertz CT molecular complexity index is 586. The average Bonchev–Trinajstić information content (AvgIpc) is 2.98. The first-order chi connectivity index (χ1) is 10.8. The molecule has 1 aliphatic heterocycles. The van der Waals surface area contributed by atoms with Crippen LogP contribution in [0.3, 0.4) is 0 Å². The van der Waals surface area contributed by atoms with Gasteiger partial charge in [0.15, 0.2) is 6.61 Å². The zero-order valence-electron chi connectivity index (χ0n) is 12.3. The summed E-state index contributed by atoms with van der Waals surface area (Å²) in [6.07, 6.45) is 1.02. The van der Waals surface area contributed by atoms with Crippen molar-refractivity contribution in [1.29, 1.82) is 0 Å². The second-order valence-corrected chi connectivity index (χ2v) is 7.44. The third-order valence-corrected chi connectivity index (χ3v) is 6.11. The summed E-state index contributed by atoms with van der Waals surface area (Å²) in [4.78, 5) is 15.7. The third-order valence-electron chi connectivity index (χ3n) is 3.66. The summed E-state index contributed by atoms with van der Waals surface area (Å²) in [6, 6.07) is 13.8. The van der Waals surface area contributed by atoms with Crippen molar-refractivity contribution in [3.63, 3.8) is 0 Å². The molecule has 0 spiro atoms. The van der Waals surface area contributed by atoms with Crippen molar-refractivity contribution in [1.82, 2.24) is 4.90 Å². The molecule has 2 aromatic rings. The third kappa shape index (κ3) is 4.05. The van der Waals surface area contributed by atoms with E-state index in [2.05, 4.69) is 17.5 Å². The molecule has 1 aromatic heterocycles. The molecule has 1 amide bonds. The Morgan fingerprint density at radius 1 is 1.18 bits per heavy atom. The highest BCUT2D eigenvalue weighted by Gasteiger charge is 2.22. The molecule has 5 heteroatoms. The van der Waals surface area contributed by atoms with Gasteiger partial charge in [-0.2, -0.15) is 11.8 Å². The molecule has 0 N–H and O–H groups in total. The van der Waals surface area contributed by atoms with Gasteiger partial charge in [-0.3, -0.25) is 4.79 Å². The summed E-state index contributed by atoms with van der Waals surface area (Å²) >= 11 is 3.76. The van der Waals surface area contributed by atoms with Gasteiger partial charge in [-0.05, 0) is 30.0 Å². The number of para-hydroxylation sites is 1. The topological polar surface area (TPSA) is 29.5 Å². The van der Waals surface area contributed by atoms with E-state index in [-0.39, 0.29) is 12.5 Å². The van der Waals surface area contributed by atoms with Crippen molar-refractivity contribution < 1.29 is 9.53 Å². The quantitative estimate of drug-likeness (QED) is 0.851. The molecule has 0 unspecified atom stereocenters. The van der Waals surface area contributed by atoms with E-state index in [0.717, 1.165) is 31.0 Å². The molecule has 0 aliphatic carbocycles. The summed E-state index contributed by atoms with van der Waals surface area (Å²) in [5, 5.41) is 2.64. The first-order valence-electron chi connectivity index (χ1n) is 7.43. The largest absolute Gasteiger partial charge is 0.484 e. The number of hydrogen-bond donors (Lipinski definition) is 0. The summed E-state index contributed by atoms with van der Waals surface area (Å²) < 4.78 is 5.56. The first-order valence-corrected chi connectivity index (χ1v) is 9.36. The highest BCUT2D eigenvalue weighted by Crippen LogP contribution is 2.36. The maximum absolute atomic E-state index is 12.3. The van der Waals surface area contributed by atoms with Gasteiger partial charge < -0.3 is 9.64 Å². The summed E-state index contributed by atoms with van der Waals surface area (Å²) in [7, 11) is 0. The SMILES string of the molecule is O=C(COc1ccccc1)N1CCS[C@H](c2cccs2)CC1. The van der Waals surface area contributed by atoms with Crippen LogP contribution in [0.15, 0.2) is 47.8 Å². The lowest BCUT2D eigenvalue weighted by atomic mass is 10.2. The van der Waals surface area contributed by atoms with Crippen LogP contribution < -0.4 is 4.74 Å². The molecule has 1 aliphatic rings. The molecule has 0 saturated carbocycles. The maximum atomic E-state index is 12.3. The molecule has 3 nitrogen and oxygen atoms in total. The van der Waals surface area contributed by atoms with Crippen molar-refractivity contribution in [2.24, 2.45) is 0 Å². The van der Waals surface area contributed by atoms with E-state index in [4.69, 9.17) is 4.74 Å². The van der Waals surface area contributed by atoms with Crippen LogP contribution in [0.25, 0.3) is 0 Å². The van der Waals surface area contributed by atoms with Crippen LogP contribution in [0.5, 0.6) is 5.75 Å². The smallest absolute Gasteiger partial charge is 0.260 e. The molecule has 3 rings (SSSR count). The van der Waals surface area contributed by atoms with Gasteiger partial charge in [0.05, 0.1) is 0 Å². The van der Waals surface area contributed by atoms with Gasteiger partial charge >= 0.3 is 0 Å². The monoisotopic (exact) mass is 333 g/mol. The minimum Gasteiger partial charge on any atom is -0.484 e. The van der Waals surface area contributed by atoms with Gasteiger partial charge in [0.1, 0.15) is 5.75 Å². The Balaban J connectivity index is 1.51. The Morgan fingerprint density at radius 3 is 2.82 bits per heavy atom. The van der Waals surface area contributed by atoms with E-state index in [0.29, 0.717) is 5.25 Å². The highest BCUT2D eigenvalue weighted by atomic mass is 32.2. The molecule has 0 bridgehead atoms. The first kappa shape index (κ1) is 15.4. The summed E-state index contributed by atoms with van der Waals surface area (Å²) in [5.41, 5.74) is 0. The van der Waals surface area contributed by atoms with Crippen LogP contribution in [0, 0.1) is 0 Å². The number of benzene rings is 1. The van der Waals surface area contributed by atoms with Crippen LogP contribution in [-0.4, -0.2) is 36.3 Å². The van der Waals surface area contributed by atoms with Crippen LogP contribution in [-0.2, 0) is 4.79 Å². The van der Waals surface area contributed by atoms with Crippen molar-refractivity contribution in [3.8, 4) is 5.75 Å². The van der Waals surface area contributed by atoms with Crippen LogP contribution in [0.4, 0.5) is 0 Å². The number of rotatable bonds is 4. The van der Waals surface area contributed by atoms with E-state index >= 15 is 0 Å². The molecule has 1 saturated heterocycles. The Hall–Kier alpha value is -1.46. The number of thiophene rings is 1. The molecule has 1 fully saturated rings. The Kier molecular flexibility index (Phi) is 5.40. The van der Waals surface area contributed by atoms with E-state index in [1.807, 2.05) is 47.0 Å². The van der Waals surface area contributed by atoms with Gasteiger partial charge in [0.25, 0.3) is 5.91 Å². The summed E-state index contributed by atoms with van der Waals surface area (Å²) in [5.74, 6) is 1.81. The fourth-order valence-electron chi connectivity index (χ4n) is 2.47. The molecular weight excluding hydrogens is 314 g/mol. The zero-order chi connectivity index (χ0) is 15.2. The standard InChI is InChI=1S/C17H19NO2S2/c19-17(13-20-14-5-2-1-3-6-14)18-9-8-16(22-12-10-18)15-7-4-11-21-15/h1-7,11,16H,8-10,12-13H2/t16-/m0/s1. The number of carbonyl (C=O) groups excluding carboxylic acids is 1. The average molecular weight is 333 g/mol. The van der Waals surface area contributed by atoms with Crippen molar-refractivity contribution in [2.75, 3.05) is 25.4 Å². The number of thioether (sulfide) groups is 1. The van der Waals surface area contributed by atoms with Gasteiger partial charge in [-0.25, -0.2) is 0 Å². The predicted molar refractivity (Wildman–Crippen MR) is 92.7 cm³/mol. The van der Waals surface area contributed by atoms with Gasteiger partial charge in [0.2, 0.25) is 0 Å². The number of ether oxygens (including phenoxy) is 1. The zero-order valence-corrected chi connectivity index (χ0v) is 13.9. The van der Waals surface area contributed by atoms with Gasteiger partial charge in [0, 0.05) is 29.0 Å². The number of amides is 1. The second-order valence-electron chi connectivity index (χ2n) is 5.15. The highest BCUT2D eigenvalue weighted by molar-refractivity contribution is 7.99. The second kappa shape index (κ2) is 7.70. The van der Waals surface area contributed by atoms with E-state index in [1.54, 1.807) is 11.3 Å². The van der Waals surface area contributed by atoms with E-state index in [9.17, 15) is 4.79 Å². The normalized spacial score (nSPS) is 18.7. The fraction of sp³-hybridized carbons (Fsp3) is 0.353. The molecule has 1 atom stereocenters. The van der Waals surface area contributed by atoms with Gasteiger partial charge in [-0.1, -0.05) is 24.3 Å². The molecule has 22 heavy (non-hydrogen) atoms. The Labute approximate surface area is 139 Å². The van der Waals surface area contributed by atoms with Gasteiger partial charge in [-0.15, -0.1) is 11.3 Å². The van der Waals surface area contributed by atoms with E-state index in [1.165, 1.54) is 4.88 Å². The van der Waals surface area contributed by atoms with Crippen molar-refractivity contribution in [2.45, 2.75) is 11.7 Å². The molecule has 0 radical (unpaired) electrons. The number of hydrogen-bond acceptors (Lipinski definition) is 4. The summed E-state index contributed by atoms with van der Waals surface area (Å²) in [6.45, 7) is 1.74. The predicted octanol–water partition coefficient (Wildman–Crippen LogP) is 3.83. The lowest BCUT2D eigenvalue weighted by molar-refractivity contribution is -0.133. The Morgan fingerprint density at radius 2 is 2.05 bits per heavy atom. The minimum atomic E-state index is 0.0799. The maximum Gasteiger partial charge on any atom is 0.260 e. The van der Waals surface area contributed by atoms with Crippen molar-refractivity contribution >= 4 is 29.0 Å². The van der Waals surface area contributed by atoms with Crippen LogP contribution in [0.2, 0.25) is 0 Å². The van der Waals surface area contributed by atoms with Crippen LogP contribution >= 0.6 is 23.1 Å². The number of nitrogens with zero attached hydrogens (tertiary/aromatic N) is 1. The molecular formula is C17H19NO2S2. The molecule has 116 valence electrons. The van der Waals surface area contributed by atoms with Crippen molar-refractivity contribution in [3.05, 3.63) is 52.7 Å². The lowest BCUT2D eigenvalue weighted by Crippen LogP contribution is -2.36. The molecule has 2 heterocycles. The molecule has 1 aromatic carbocycles. The van der Waals surface area contributed by atoms with E-state index < -0.39 is 0 Å².